The zero-order chi connectivity index (χ0) is 20.9. The summed E-state index contributed by atoms with van der Waals surface area (Å²) >= 11 is 5.80. The van der Waals surface area contributed by atoms with Crippen LogP contribution < -0.4 is 10.6 Å². The van der Waals surface area contributed by atoms with Gasteiger partial charge < -0.3 is 10.6 Å². The summed E-state index contributed by atoms with van der Waals surface area (Å²) in [5.41, 5.74) is 1.65. The standard InChI is InChI=1S/C21H26ClN3O3S/c1-25(29(27,28)20-13-7-16(22)8-14-20)15-21(26)24-19-11-9-18(10-12-19)23-17-5-3-2-4-6-17/h7-14,17,23H,2-6,15H2,1H3,(H,24,26). The number of rotatable bonds is 7. The number of nitrogens with zero attached hydrogens (tertiary/aromatic N) is 1. The van der Waals surface area contributed by atoms with Crippen LogP contribution in [0.25, 0.3) is 0 Å². The quantitative estimate of drug-likeness (QED) is 0.677. The van der Waals surface area contributed by atoms with Crippen molar-refractivity contribution in [3.8, 4) is 0 Å². The van der Waals surface area contributed by atoms with Crippen LogP contribution in [0.5, 0.6) is 0 Å². The van der Waals surface area contributed by atoms with E-state index in [1.807, 2.05) is 24.3 Å². The first-order chi connectivity index (χ1) is 13.8. The second-order valence-corrected chi connectivity index (χ2v) is 9.80. The molecule has 0 heterocycles. The van der Waals surface area contributed by atoms with Gasteiger partial charge in [-0.15, -0.1) is 0 Å². The summed E-state index contributed by atoms with van der Waals surface area (Å²) in [6, 6.07) is 13.9. The Labute approximate surface area is 177 Å². The molecule has 2 N–H and O–H groups in total. The maximum Gasteiger partial charge on any atom is 0.243 e. The number of carbonyl (C=O) groups excluding carboxylic acids is 1. The van der Waals surface area contributed by atoms with Crippen molar-refractivity contribution in [1.82, 2.24) is 4.31 Å². The van der Waals surface area contributed by atoms with E-state index in [0.717, 1.165) is 9.99 Å². The predicted molar refractivity (Wildman–Crippen MR) is 117 cm³/mol. The SMILES string of the molecule is CN(CC(=O)Nc1ccc(NC2CCCCC2)cc1)S(=O)(=O)c1ccc(Cl)cc1. The molecule has 0 bridgehead atoms. The molecule has 3 rings (SSSR count). The summed E-state index contributed by atoms with van der Waals surface area (Å²) in [6.45, 7) is -0.285. The molecule has 2 aromatic carbocycles. The van der Waals surface area contributed by atoms with Gasteiger partial charge >= 0.3 is 0 Å². The average Bonchev–Trinajstić information content (AvgIpc) is 2.70. The van der Waals surface area contributed by atoms with Crippen molar-refractivity contribution in [1.29, 1.82) is 0 Å². The number of likely N-dealkylation sites (N-methyl/N-ethyl adjacent to an activating group) is 1. The average molecular weight is 436 g/mol. The topological polar surface area (TPSA) is 78.5 Å². The Hall–Kier alpha value is -2.09. The van der Waals surface area contributed by atoms with Crippen LogP contribution in [0.15, 0.2) is 53.4 Å². The lowest BCUT2D eigenvalue weighted by atomic mass is 9.95. The van der Waals surface area contributed by atoms with Gasteiger partial charge in [0.15, 0.2) is 0 Å². The van der Waals surface area contributed by atoms with Crippen molar-refractivity contribution in [2.75, 3.05) is 24.2 Å². The summed E-state index contributed by atoms with van der Waals surface area (Å²) in [4.78, 5) is 12.4. The Morgan fingerprint density at radius 2 is 1.59 bits per heavy atom. The van der Waals surface area contributed by atoms with Gasteiger partial charge in [0.05, 0.1) is 11.4 Å². The fraction of sp³-hybridized carbons (Fsp3) is 0.381. The monoisotopic (exact) mass is 435 g/mol. The number of anilines is 2. The van der Waals surface area contributed by atoms with E-state index in [1.165, 1.54) is 63.4 Å². The molecule has 2 aromatic rings. The highest BCUT2D eigenvalue weighted by molar-refractivity contribution is 7.89. The number of carbonyl (C=O) groups is 1. The van der Waals surface area contributed by atoms with Gasteiger partial charge in [-0.2, -0.15) is 4.31 Å². The molecule has 156 valence electrons. The van der Waals surface area contributed by atoms with E-state index in [-0.39, 0.29) is 11.4 Å². The van der Waals surface area contributed by atoms with Gasteiger partial charge in [-0.3, -0.25) is 4.79 Å². The van der Waals surface area contributed by atoms with E-state index in [4.69, 9.17) is 11.6 Å². The van der Waals surface area contributed by atoms with E-state index >= 15 is 0 Å². The molecule has 1 amide bonds. The van der Waals surface area contributed by atoms with Gasteiger partial charge in [0.25, 0.3) is 0 Å². The number of amides is 1. The number of hydrogen-bond acceptors (Lipinski definition) is 4. The Morgan fingerprint density at radius 1 is 1.00 bits per heavy atom. The van der Waals surface area contributed by atoms with Crippen LogP contribution in [-0.4, -0.2) is 38.3 Å². The number of nitrogens with one attached hydrogen (secondary N) is 2. The zero-order valence-electron chi connectivity index (χ0n) is 16.4. The van der Waals surface area contributed by atoms with Gasteiger partial charge in [0.2, 0.25) is 15.9 Å². The van der Waals surface area contributed by atoms with Crippen LogP contribution in [0.1, 0.15) is 32.1 Å². The van der Waals surface area contributed by atoms with Gasteiger partial charge in [-0.1, -0.05) is 30.9 Å². The van der Waals surface area contributed by atoms with Crippen molar-refractivity contribution < 1.29 is 13.2 Å². The number of hydrogen-bond donors (Lipinski definition) is 2. The lowest BCUT2D eigenvalue weighted by molar-refractivity contribution is -0.116. The second-order valence-electron chi connectivity index (χ2n) is 7.32. The minimum Gasteiger partial charge on any atom is -0.382 e. The first-order valence-corrected chi connectivity index (χ1v) is 11.5. The van der Waals surface area contributed by atoms with Gasteiger partial charge in [-0.05, 0) is 61.4 Å². The van der Waals surface area contributed by atoms with Crippen molar-refractivity contribution in [3.05, 3.63) is 53.6 Å². The summed E-state index contributed by atoms with van der Waals surface area (Å²) < 4.78 is 26.1. The molecule has 1 aliphatic carbocycles. The first kappa shape index (κ1) is 21.6. The van der Waals surface area contributed by atoms with E-state index in [1.54, 1.807) is 0 Å². The maximum atomic E-state index is 12.6. The van der Waals surface area contributed by atoms with Crippen LogP contribution in [0.4, 0.5) is 11.4 Å². The molecule has 0 atom stereocenters. The lowest BCUT2D eigenvalue weighted by Gasteiger charge is -2.24. The maximum absolute atomic E-state index is 12.6. The minimum absolute atomic E-state index is 0.0929. The second kappa shape index (κ2) is 9.61. The molecule has 0 aliphatic heterocycles. The van der Waals surface area contributed by atoms with Crippen LogP contribution >= 0.6 is 11.6 Å². The summed E-state index contributed by atoms with van der Waals surface area (Å²) in [7, 11) is -2.39. The third-order valence-corrected chi connectivity index (χ3v) is 7.10. The fourth-order valence-electron chi connectivity index (χ4n) is 3.41. The third-order valence-electron chi connectivity index (χ3n) is 5.03. The molecule has 1 aliphatic rings. The lowest BCUT2D eigenvalue weighted by Crippen LogP contribution is -2.34. The molecule has 29 heavy (non-hydrogen) atoms. The highest BCUT2D eigenvalue weighted by Gasteiger charge is 2.23. The highest BCUT2D eigenvalue weighted by atomic mass is 35.5. The number of halogens is 1. The van der Waals surface area contributed by atoms with Crippen LogP contribution in [0.3, 0.4) is 0 Å². The molecule has 1 saturated carbocycles. The van der Waals surface area contributed by atoms with Crippen LogP contribution in [-0.2, 0) is 14.8 Å². The Balaban J connectivity index is 1.55. The Bertz CT molecular complexity index is 925. The molecule has 0 spiro atoms. The van der Waals surface area contributed by atoms with Crippen molar-refractivity contribution >= 4 is 38.9 Å². The fourth-order valence-corrected chi connectivity index (χ4v) is 4.66. The molecular formula is C21H26ClN3O3S. The molecule has 0 saturated heterocycles. The Kier molecular flexibility index (Phi) is 7.16. The van der Waals surface area contributed by atoms with Crippen molar-refractivity contribution in [3.63, 3.8) is 0 Å². The normalized spacial score (nSPS) is 15.3. The molecule has 0 unspecified atom stereocenters. The number of sulfonamides is 1. The Morgan fingerprint density at radius 3 is 2.21 bits per heavy atom. The molecular weight excluding hydrogens is 410 g/mol. The smallest absolute Gasteiger partial charge is 0.243 e. The van der Waals surface area contributed by atoms with Gasteiger partial charge in [0.1, 0.15) is 0 Å². The van der Waals surface area contributed by atoms with E-state index in [2.05, 4.69) is 10.6 Å². The van der Waals surface area contributed by atoms with Gasteiger partial charge in [-0.25, -0.2) is 8.42 Å². The predicted octanol–water partition coefficient (Wildman–Crippen LogP) is 4.34. The molecule has 0 aromatic heterocycles. The van der Waals surface area contributed by atoms with Crippen molar-refractivity contribution in [2.45, 2.75) is 43.0 Å². The molecule has 0 radical (unpaired) electrons. The van der Waals surface area contributed by atoms with Crippen LogP contribution in [0.2, 0.25) is 5.02 Å². The first-order valence-electron chi connectivity index (χ1n) is 9.73. The highest BCUT2D eigenvalue weighted by Crippen LogP contribution is 2.23. The third kappa shape index (κ3) is 5.95. The van der Waals surface area contributed by atoms with Crippen molar-refractivity contribution in [2.24, 2.45) is 0 Å². The van der Waals surface area contributed by atoms with Crippen LogP contribution in [0, 0.1) is 0 Å². The number of benzene rings is 2. The largest absolute Gasteiger partial charge is 0.382 e. The minimum atomic E-state index is -3.76. The van der Waals surface area contributed by atoms with E-state index < -0.39 is 15.9 Å². The summed E-state index contributed by atoms with van der Waals surface area (Å²) in [6.07, 6.45) is 6.21. The summed E-state index contributed by atoms with van der Waals surface area (Å²) in [5.74, 6) is -0.405. The molecule has 8 heteroatoms. The van der Waals surface area contributed by atoms with Gasteiger partial charge in [0, 0.05) is 29.5 Å². The summed E-state index contributed by atoms with van der Waals surface area (Å²) in [5, 5.41) is 6.72. The molecule has 1 fully saturated rings. The van der Waals surface area contributed by atoms with E-state index in [0.29, 0.717) is 16.8 Å². The molecule has 6 nitrogen and oxygen atoms in total. The van der Waals surface area contributed by atoms with E-state index in [9.17, 15) is 13.2 Å². The zero-order valence-corrected chi connectivity index (χ0v) is 18.0.